The van der Waals surface area contributed by atoms with Crippen LogP contribution in [0.4, 0.5) is 10.1 Å². The number of ether oxygens (including phenoxy) is 1. The number of carbonyl (C=O) groups is 2. The first-order valence-corrected chi connectivity index (χ1v) is 7.40. The molecule has 1 N–H and O–H groups in total. The van der Waals surface area contributed by atoms with Gasteiger partial charge in [-0.1, -0.05) is 12.1 Å². The fourth-order valence-electron chi connectivity index (χ4n) is 2.05. The molecule has 2 aromatic rings. The van der Waals surface area contributed by atoms with Gasteiger partial charge in [0, 0.05) is 18.4 Å². The topological polar surface area (TPSA) is 55.4 Å². The molecule has 4 nitrogen and oxygen atoms in total. The standard InChI is InChI=1S/C18H18FNO3/c1-2-23-14-9-7-13(8-10-14)17(21)11-12-18(22)20-16-6-4-3-5-15(16)19/h3-10H,2,11-12H2,1H3,(H,20,22). The molecule has 0 bridgehead atoms. The lowest BCUT2D eigenvalue weighted by Crippen LogP contribution is -2.14. The minimum atomic E-state index is -0.501. The summed E-state index contributed by atoms with van der Waals surface area (Å²) in [6.45, 7) is 2.44. The molecule has 2 aromatic carbocycles. The van der Waals surface area contributed by atoms with Crippen LogP contribution in [0.3, 0.4) is 0 Å². The molecular formula is C18H18FNO3. The number of ketones is 1. The number of hydrogen-bond donors (Lipinski definition) is 1. The second-order valence-corrected chi connectivity index (χ2v) is 4.91. The number of Topliss-reactive ketones (excluding diaryl/α,β-unsaturated/α-hetero) is 1. The lowest BCUT2D eigenvalue weighted by Gasteiger charge is -2.06. The second kappa shape index (κ2) is 8.08. The van der Waals surface area contributed by atoms with Crippen LogP contribution >= 0.6 is 0 Å². The van der Waals surface area contributed by atoms with E-state index in [1.807, 2.05) is 6.92 Å². The van der Waals surface area contributed by atoms with Gasteiger partial charge in [0.05, 0.1) is 12.3 Å². The molecule has 23 heavy (non-hydrogen) atoms. The van der Waals surface area contributed by atoms with E-state index in [1.54, 1.807) is 36.4 Å². The van der Waals surface area contributed by atoms with Crippen LogP contribution in [0.15, 0.2) is 48.5 Å². The molecule has 0 heterocycles. The molecule has 0 aliphatic carbocycles. The molecule has 0 atom stereocenters. The Morgan fingerprint density at radius 2 is 1.74 bits per heavy atom. The minimum absolute atomic E-state index is 0.000376. The summed E-state index contributed by atoms with van der Waals surface area (Å²) in [5.41, 5.74) is 0.637. The van der Waals surface area contributed by atoms with Crippen molar-refractivity contribution in [2.45, 2.75) is 19.8 Å². The molecule has 0 spiro atoms. The third-order valence-corrected chi connectivity index (χ3v) is 3.21. The van der Waals surface area contributed by atoms with Crippen molar-refractivity contribution in [3.05, 3.63) is 59.9 Å². The summed E-state index contributed by atoms with van der Waals surface area (Å²) in [5.74, 6) is -0.342. The van der Waals surface area contributed by atoms with Gasteiger partial charge in [-0.2, -0.15) is 0 Å². The van der Waals surface area contributed by atoms with E-state index in [-0.39, 0.29) is 24.3 Å². The van der Waals surface area contributed by atoms with Gasteiger partial charge in [-0.3, -0.25) is 9.59 Å². The molecule has 1 amide bonds. The highest BCUT2D eigenvalue weighted by Crippen LogP contribution is 2.15. The van der Waals surface area contributed by atoms with Gasteiger partial charge in [-0.15, -0.1) is 0 Å². The number of hydrogen-bond acceptors (Lipinski definition) is 3. The van der Waals surface area contributed by atoms with Crippen molar-refractivity contribution in [3.63, 3.8) is 0 Å². The fourth-order valence-corrected chi connectivity index (χ4v) is 2.05. The van der Waals surface area contributed by atoms with Crippen LogP contribution in [0.1, 0.15) is 30.1 Å². The molecule has 0 unspecified atom stereocenters. The van der Waals surface area contributed by atoms with E-state index in [2.05, 4.69) is 5.32 Å². The summed E-state index contributed by atoms with van der Waals surface area (Å²) in [6.07, 6.45) is 0.0641. The van der Waals surface area contributed by atoms with Gasteiger partial charge < -0.3 is 10.1 Å². The Hall–Kier alpha value is -2.69. The number of nitrogens with one attached hydrogen (secondary N) is 1. The molecule has 5 heteroatoms. The number of rotatable bonds is 7. The Morgan fingerprint density at radius 1 is 1.04 bits per heavy atom. The summed E-state index contributed by atoms with van der Waals surface area (Å²) in [4.78, 5) is 23.8. The summed E-state index contributed by atoms with van der Waals surface area (Å²) < 4.78 is 18.7. The predicted octanol–water partition coefficient (Wildman–Crippen LogP) is 3.83. The van der Waals surface area contributed by atoms with Gasteiger partial charge in [-0.25, -0.2) is 4.39 Å². The van der Waals surface area contributed by atoms with E-state index in [9.17, 15) is 14.0 Å². The summed E-state index contributed by atoms with van der Waals surface area (Å²) in [6, 6.07) is 12.7. The van der Waals surface area contributed by atoms with Crippen molar-refractivity contribution in [1.82, 2.24) is 0 Å². The fraction of sp³-hybridized carbons (Fsp3) is 0.222. The zero-order valence-electron chi connectivity index (χ0n) is 12.8. The van der Waals surface area contributed by atoms with Crippen LogP contribution in [0.25, 0.3) is 0 Å². The minimum Gasteiger partial charge on any atom is -0.494 e. The average Bonchev–Trinajstić information content (AvgIpc) is 2.56. The molecule has 0 saturated carbocycles. The lowest BCUT2D eigenvalue weighted by molar-refractivity contribution is -0.116. The van der Waals surface area contributed by atoms with Crippen LogP contribution in [0.2, 0.25) is 0 Å². The maximum absolute atomic E-state index is 13.4. The number of para-hydroxylation sites is 1. The van der Waals surface area contributed by atoms with E-state index in [1.165, 1.54) is 12.1 Å². The zero-order chi connectivity index (χ0) is 16.7. The van der Waals surface area contributed by atoms with Crippen molar-refractivity contribution in [2.75, 3.05) is 11.9 Å². The van der Waals surface area contributed by atoms with E-state index in [0.29, 0.717) is 17.9 Å². The van der Waals surface area contributed by atoms with Crippen LogP contribution in [-0.2, 0) is 4.79 Å². The monoisotopic (exact) mass is 315 g/mol. The first-order chi connectivity index (χ1) is 11.1. The first kappa shape index (κ1) is 16.7. The number of carbonyl (C=O) groups excluding carboxylic acids is 2. The number of amides is 1. The Labute approximate surface area is 134 Å². The molecule has 0 radical (unpaired) electrons. The first-order valence-electron chi connectivity index (χ1n) is 7.40. The number of anilines is 1. The van der Waals surface area contributed by atoms with Gasteiger partial charge in [0.1, 0.15) is 11.6 Å². The van der Waals surface area contributed by atoms with Crippen LogP contribution < -0.4 is 10.1 Å². The quantitative estimate of drug-likeness (QED) is 0.790. The predicted molar refractivity (Wildman–Crippen MR) is 86.2 cm³/mol. The van der Waals surface area contributed by atoms with Crippen molar-refractivity contribution >= 4 is 17.4 Å². The molecule has 0 aliphatic rings. The van der Waals surface area contributed by atoms with Crippen LogP contribution in [0.5, 0.6) is 5.75 Å². The van der Waals surface area contributed by atoms with Gasteiger partial charge >= 0.3 is 0 Å². The normalized spacial score (nSPS) is 10.2. The second-order valence-electron chi connectivity index (χ2n) is 4.91. The maximum atomic E-state index is 13.4. The SMILES string of the molecule is CCOc1ccc(C(=O)CCC(=O)Nc2ccccc2F)cc1. The Balaban J connectivity index is 1.86. The third-order valence-electron chi connectivity index (χ3n) is 3.21. The highest BCUT2D eigenvalue weighted by Gasteiger charge is 2.11. The van der Waals surface area contributed by atoms with Gasteiger partial charge in [0.15, 0.2) is 5.78 Å². The molecule has 0 fully saturated rings. The van der Waals surface area contributed by atoms with Crippen molar-refractivity contribution in [2.24, 2.45) is 0 Å². The highest BCUT2D eigenvalue weighted by molar-refractivity contribution is 6.00. The van der Waals surface area contributed by atoms with Gasteiger partial charge in [0.2, 0.25) is 5.91 Å². The van der Waals surface area contributed by atoms with E-state index >= 15 is 0 Å². The summed E-state index contributed by atoms with van der Waals surface area (Å²) in [7, 11) is 0. The molecule has 0 saturated heterocycles. The molecule has 0 aromatic heterocycles. The Morgan fingerprint density at radius 3 is 2.39 bits per heavy atom. The lowest BCUT2D eigenvalue weighted by atomic mass is 10.1. The molecule has 0 aliphatic heterocycles. The number of halogens is 1. The van der Waals surface area contributed by atoms with Gasteiger partial charge in [0.25, 0.3) is 0 Å². The Bertz CT molecular complexity index is 683. The van der Waals surface area contributed by atoms with Crippen molar-refractivity contribution in [1.29, 1.82) is 0 Å². The smallest absolute Gasteiger partial charge is 0.224 e. The highest BCUT2D eigenvalue weighted by atomic mass is 19.1. The van der Waals surface area contributed by atoms with E-state index < -0.39 is 11.7 Å². The number of benzene rings is 2. The van der Waals surface area contributed by atoms with Crippen molar-refractivity contribution < 1.29 is 18.7 Å². The van der Waals surface area contributed by atoms with E-state index in [0.717, 1.165) is 0 Å². The Kier molecular flexibility index (Phi) is 5.86. The van der Waals surface area contributed by atoms with Crippen molar-refractivity contribution in [3.8, 4) is 5.75 Å². The largest absolute Gasteiger partial charge is 0.494 e. The zero-order valence-corrected chi connectivity index (χ0v) is 12.8. The average molecular weight is 315 g/mol. The van der Waals surface area contributed by atoms with Gasteiger partial charge in [-0.05, 0) is 43.3 Å². The summed E-state index contributed by atoms with van der Waals surface area (Å²) in [5, 5.41) is 2.46. The molecule has 2 rings (SSSR count). The van der Waals surface area contributed by atoms with E-state index in [4.69, 9.17) is 4.74 Å². The molecule has 120 valence electrons. The van der Waals surface area contributed by atoms with Crippen LogP contribution in [0, 0.1) is 5.82 Å². The summed E-state index contributed by atoms with van der Waals surface area (Å²) >= 11 is 0. The molecular weight excluding hydrogens is 297 g/mol. The maximum Gasteiger partial charge on any atom is 0.224 e. The van der Waals surface area contributed by atoms with Crippen LogP contribution in [-0.4, -0.2) is 18.3 Å². The third kappa shape index (κ3) is 4.92.